The molecule has 1 atom stereocenters. The Bertz CT molecular complexity index is 1010. The summed E-state index contributed by atoms with van der Waals surface area (Å²) in [5.74, 6) is 0.112. The molecule has 1 aliphatic heterocycles. The molecule has 1 aliphatic rings. The van der Waals surface area contributed by atoms with Crippen LogP contribution in [-0.4, -0.2) is 27.4 Å². The minimum absolute atomic E-state index is 0.0873. The van der Waals surface area contributed by atoms with Gasteiger partial charge < -0.3 is 0 Å². The number of amidine groups is 1. The number of nitrogens with zero attached hydrogens (tertiary/aromatic N) is 3. The van der Waals surface area contributed by atoms with E-state index >= 15 is 0 Å². The van der Waals surface area contributed by atoms with Gasteiger partial charge in [-0.1, -0.05) is 67.2 Å². The first-order chi connectivity index (χ1) is 13.3. The lowest BCUT2D eigenvalue weighted by atomic mass is 10.0. The number of thioether (sulfide) groups is 1. The molecule has 1 aromatic heterocycles. The Morgan fingerprint density at radius 1 is 1.11 bits per heavy atom. The molecule has 3 aromatic rings. The van der Waals surface area contributed by atoms with Gasteiger partial charge in [-0.15, -0.1) is 16.4 Å². The molecule has 1 saturated heterocycles. The summed E-state index contributed by atoms with van der Waals surface area (Å²) in [7, 11) is 0. The first-order valence-electron chi connectivity index (χ1n) is 8.85. The predicted octanol–water partition coefficient (Wildman–Crippen LogP) is 5.15. The Morgan fingerprint density at radius 2 is 1.96 bits per heavy atom. The number of rotatable bonds is 5. The fourth-order valence-corrected chi connectivity index (χ4v) is 4.70. The van der Waals surface area contributed by atoms with Crippen molar-refractivity contribution in [2.24, 2.45) is 10.2 Å². The molecule has 27 heavy (non-hydrogen) atoms. The molecule has 0 unspecified atom stereocenters. The summed E-state index contributed by atoms with van der Waals surface area (Å²) in [6.07, 6.45) is 2.52. The Hall–Kier alpha value is -2.44. The van der Waals surface area contributed by atoms with Gasteiger partial charge in [0.15, 0.2) is 5.17 Å². The van der Waals surface area contributed by atoms with Crippen LogP contribution in [0, 0.1) is 0 Å². The van der Waals surface area contributed by atoms with E-state index in [0.717, 1.165) is 16.9 Å². The minimum Gasteiger partial charge on any atom is -0.284 e. The van der Waals surface area contributed by atoms with Crippen molar-refractivity contribution in [3.05, 3.63) is 70.4 Å². The van der Waals surface area contributed by atoms with Crippen LogP contribution in [0.1, 0.15) is 23.8 Å². The van der Waals surface area contributed by atoms with Gasteiger partial charge in [0.05, 0.1) is 18.0 Å². The molecule has 0 radical (unpaired) electrons. The van der Waals surface area contributed by atoms with Gasteiger partial charge in [0.1, 0.15) is 0 Å². The zero-order valence-corrected chi connectivity index (χ0v) is 16.5. The van der Waals surface area contributed by atoms with E-state index in [0.29, 0.717) is 11.7 Å². The standard InChI is InChI=1S/C21H19N3OS2/c1-2-19-20(25)24(21(27-19)23-22-13-17-10-6-12-26-17)14-16-9-5-8-15-7-3-4-11-18(15)16/h3-13,19H,2,14H2,1H3/b22-13-,23-21+/t19-/m1/s1. The third-order valence-corrected chi connectivity index (χ3v) is 6.61. The number of hydrogen-bond donors (Lipinski definition) is 0. The molecule has 1 fully saturated rings. The molecule has 136 valence electrons. The highest BCUT2D eigenvalue weighted by Crippen LogP contribution is 2.32. The SMILES string of the molecule is CC[C@H]1S/C(=N/N=C\c2cccs2)N(Cc2cccc3ccccc23)C1=O. The highest BCUT2D eigenvalue weighted by Gasteiger charge is 2.37. The number of amides is 1. The monoisotopic (exact) mass is 393 g/mol. The maximum Gasteiger partial charge on any atom is 0.242 e. The molecule has 4 rings (SSSR count). The van der Waals surface area contributed by atoms with E-state index in [1.807, 2.05) is 42.6 Å². The molecule has 0 bridgehead atoms. The molecule has 0 saturated carbocycles. The zero-order valence-electron chi connectivity index (χ0n) is 14.9. The second kappa shape index (κ2) is 8.06. The lowest BCUT2D eigenvalue weighted by molar-refractivity contribution is -0.126. The summed E-state index contributed by atoms with van der Waals surface area (Å²) < 4.78 is 0. The molecular formula is C21H19N3OS2. The number of carbonyl (C=O) groups excluding carboxylic acids is 1. The van der Waals surface area contributed by atoms with Crippen LogP contribution in [0.3, 0.4) is 0 Å². The third-order valence-electron chi connectivity index (χ3n) is 4.47. The van der Waals surface area contributed by atoms with Crippen LogP contribution in [-0.2, 0) is 11.3 Å². The lowest BCUT2D eigenvalue weighted by Gasteiger charge is -2.17. The Labute approximate surface area is 166 Å². The zero-order chi connectivity index (χ0) is 18.6. The smallest absolute Gasteiger partial charge is 0.242 e. The van der Waals surface area contributed by atoms with Crippen molar-refractivity contribution in [3.63, 3.8) is 0 Å². The maximum atomic E-state index is 12.9. The van der Waals surface area contributed by atoms with Gasteiger partial charge in [0.25, 0.3) is 0 Å². The van der Waals surface area contributed by atoms with Crippen LogP contribution < -0.4 is 0 Å². The van der Waals surface area contributed by atoms with E-state index in [1.54, 1.807) is 22.5 Å². The average Bonchev–Trinajstić information content (AvgIpc) is 3.31. The van der Waals surface area contributed by atoms with Crippen LogP contribution in [0.5, 0.6) is 0 Å². The second-order valence-corrected chi connectivity index (χ2v) is 8.37. The molecule has 6 heteroatoms. The highest BCUT2D eigenvalue weighted by molar-refractivity contribution is 8.15. The van der Waals surface area contributed by atoms with Crippen LogP contribution in [0.4, 0.5) is 0 Å². The van der Waals surface area contributed by atoms with Gasteiger partial charge in [-0.2, -0.15) is 5.10 Å². The van der Waals surface area contributed by atoms with Crippen molar-refractivity contribution < 1.29 is 4.79 Å². The van der Waals surface area contributed by atoms with Crippen molar-refractivity contribution in [2.45, 2.75) is 25.1 Å². The lowest BCUT2D eigenvalue weighted by Crippen LogP contribution is -2.31. The maximum absolute atomic E-state index is 12.9. The molecule has 2 heterocycles. The first kappa shape index (κ1) is 17.9. The minimum atomic E-state index is -0.0873. The van der Waals surface area contributed by atoms with Crippen LogP contribution in [0.25, 0.3) is 10.8 Å². The van der Waals surface area contributed by atoms with Crippen molar-refractivity contribution in [2.75, 3.05) is 0 Å². The van der Waals surface area contributed by atoms with Gasteiger partial charge in [0, 0.05) is 4.88 Å². The van der Waals surface area contributed by atoms with E-state index in [9.17, 15) is 4.79 Å². The van der Waals surface area contributed by atoms with Crippen LogP contribution >= 0.6 is 23.1 Å². The summed E-state index contributed by atoms with van der Waals surface area (Å²) in [5, 5.41) is 13.5. The van der Waals surface area contributed by atoms with E-state index in [1.165, 1.54) is 22.5 Å². The number of carbonyl (C=O) groups is 1. The van der Waals surface area contributed by atoms with E-state index < -0.39 is 0 Å². The Morgan fingerprint density at radius 3 is 2.78 bits per heavy atom. The van der Waals surface area contributed by atoms with E-state index in [-0.39, 0.29) is 11.2 Å². The highest BCUT2D eigenvalue weighted by atomic mass is 32.2. The number of hydrogen-bond acceptors (Lipinski definition) is 5. The fourth-order valence-electron chi connectivity index (χ4n) is 3.09. The number of fused-ring (bicyclic) bond motifs is 1. The summed E-state index contributed by atoms with van der Waals surface area (Å²) in [6, 6.07) is 18.4. The molecule has 1 amide bonds. The molecule has 4 nitrogen and oxygen atoms in total. The van der Waals surface area contributed by atoms with Crippen LogP contribution in [0.2, 0.25) is 0 Å². The molecule has 0 spiro atoms. The first-order valence-corrected chi connectivity index (χ1v) is 10.6. The van der Waals surface area contributed by atoms with Gasteiger partial charge in [-0.25, -0.2) is 0 Å². The summed E-state index contributed by atoms with van der Waals surface area (Å²) >= 11 is 3.11. The van der Waals surface area contributed by atoms with Crippen molar-refractivity contribution in [3.8, 4) is 0 Å². The van der Waals surface area contributed by atoms with Crippen molar-refractivity contribution >= 4 is 51.2 Å². The van der Waals surface area contributed by atoms with E-state index in [4.69, 9.17) is 0 Å². The predicted molar refractivity (Wildman–Crippen MR) is 116 cm³/mol. The molecule has 0 N–H and O–H groups in total. The summed E-state index contributed by atoms with van der Waals surface area (Å²) in [4.78, 5) is 15.7. The number of benzene rings is 2. The fraction of sp³-hybridized carbons (Fsp3) is 0.190. The third kappa shape index (κ3) is 3.82. The molecule has 0 aliphatic carbocycles. The Kier molecular flexibility index (Phi) is 5.36. The van der Waals surface area contributed by atoms with Gasteiger partial charge in [0.2, 0.25) is 5.91 Å². The number of thiophene rings is 1. The summed E-state index contributed by atoms with van der Waals surface area (Å²) in [5.41, 5.74) is 1.12. The van der Waals surface area contributed by atoms with Crippen LogP contribution in [0.15, 0.2) is 70.2 Å². The van der Waals surface area contributed by atoms with Gasteiger partial charge in [-0.05, 0) is 34.2 Å². The normalized spacial score (nSPS) is 19.0. The molecular weight excluding hydrogens is 374 g/mol. The van der Waals surface area contributed by atoms with Crippen molar-refractivity contribution in [1.82, 2.24) is 4.90 Å². The van der Waals surface area contributed by atoms with Crippen molar-refractivity contribution in [1.29, 1.82) is 0 Å². The van der Waals surface area contributed by atoms with E-state index in [2.05, 4.69) is 34.5 Å². The van der Waals surface area contributed by atoms with Gasteiger partial charge in [-0.3, -0.25) is 9.69 Å². The summed E-state index contributed by atoms with van der Waals surface area (Å²) in [6.45, 7) is 2.54. The largest absolute Gasteiger partial charge is 0.284 e. The average molecular weight is 394 g/mol. The van der Waals surface area contributed by atoms with Gasteiger partial charge >= 0.3 is 0 Å². The Balaban J connectivity index is 1.64. The molecule has 2 aromatic carbocycles. The second-order valence-electron chi connectivity index (χ2n) is 6.22. The topological polar surface area (TPSA) is 45.0 Å². The quantitative estimate of drug-likeness (QED) is 0.445.